The molecule has 1 saturated carbocycles. The van der Waals surface area contributed by atoms with Gasteiger partial charge in [0.25, 0.3) is 0 Å². The molecule has 1 spiro atoms. The van der Waals surface area contributed by atoms with E-state index in [1.165, 1.54) is 25.5 Å². The monoisotopic (exact) mass is 220 g/mol. The Labute approximate surface area is 97.4 Å². The van der Waals surface area contributed by atoms with Crippen molar-refractivity contribution < 1.29 is 9.53 Å². The molecule has 2 aliphatic rings. The van der Waals surface area contributed by atoms with Crippen LogP contribution in [0.1, 0.15) is 39.0 Å². The van der Waals surface area contributed by atoms with E-state index in [1.807, 2.05) is 0 Å². The van der Waals surface area contributed by atoms with Crippen LogP contribution < -0.4 is 0 Å². The molecule has 0 aromatic rings. The first kappa shape index (κ1) is 11.4. The standard InChI is InChI=1S/C14H20O2/c1-10-5-4-6-11(2)14(10)8-7-12(9-14)13(15)16-3/h9,11H,1,4-8H2,2-3H3/t11-,14+/m1/s1. The maximum Gasteiger partial charge on any atom is 0.333 e. The fraction of sp³-hybridized carbons (Fsp3) is 0.643. The number of rotatable bonds is 1. The molecular formula is C14H20O2. The molecule has 0 N–H and O–H groups in total. The van der Waals surface area contributed by atoms with Gasteiger partial charge in [-0.25, -0.2) is 4.79 Å². The number of hydrogen-bond acceptors (Lipinski definition) is 2. The molecule has 2 rings (SSSR count). The third-order valence-electron chi connectivity index (χ3n) is 4.34. The number of allylic oxidation sites excluding steroid dienone is 2. The Morgan fingerprint density at radius 3 is 2.94 bits per heavy atom. The zero-order valence-electron chi connectivity index (χ0n) is 10.2. The molecule has 0 aromatic carbocycles. The van der Waals surface area contributed by atoms with Crippen LogP contribution in [0.4, 0.5) is 0 Å². The van der Waals surface area contributed by atoms with Crippen molar-refractivity contribution in [2.24, 2.45) is 11.3 Å². The quantitative estimate of drug-likeness (QED) is 0.501. The van der Waals surface area contributed by atoms with E-state index in [1.54, 1.807) is 0 Å². The Bertz CT molecular complexity index is 354. The van der Waals surface area contributed by atoms with Crippen LogP contribution in [0.5, 0.6) is 0 Å². The van der Waals surface area contributed by atoms with Gasteiger partial charge in [-0.3, -0.25) is 0 Å². The normalized spacial score (nSPS) is 34.0. The third kappa shape index (κ3) is 1.60. The van der Waals surface area contributed by atoms with Crippen molar-refractivity contribution in [3.63, 3.8) is 0 Å². The second kappa shape index (κ2) is 4.08. The third-order valence-corrected chi connectivity index (χ3v) is 4.34. The van der Waals surface area contributed by atoms with Crippen molar-refractivity contribution in [1.82, 2.24) is 0 Å². The van der Waals surface area contributed by atoms with Crippen LogP contribution in [-0.2, 0) is 9.53 Å². The summed E-state index contributed by atoms with van der Waals surface area (Å²) in [6.07, 6.45) is 7.61. The highest BCUT2D eigenvalue weighted by Gasteiger charge is 2.43. The predicted octanol–water partition coefficient (Wildman–Crippen LogP) is 3.24. The van der Waals surface area contributed by atoms with Crippen LogP contribution in [0.25, 0.3) is 0 Å². The molecule has 0 unspecified atom stereocenters. The number of esters is 1. The zero-order chi connectivity index (χ0) is 11.8. The minimum Gasteiger partial charge on any atom is -0.466 e. The molecule has 2 nitrogen and oxygen atoms in total. The molecule has 0 aliphatic heterocycles. The summed E-state index contributed by atoms with van der Waals surface area (Å²) in [5, 5.41) is 0. The summed E-state index contributed by atoms with van der Waals surface area (Å²) in [7, 11) is 1.45. The fourth-order valence-corrected chi connectivity index (χ4v) is 3.22. The van der Waals surface area contributed by atoms with Gasteiger partial charge in [-0.2, -0.15) is 0 Å². The molecule has 0 aromatic heterocycles. The molecule has 0 heterocycles. The number of methoxy groups -OCH3 is 1. The van der Waals surface area contributed by atoms with Crippen LogP contribution in [-0.4, -0.2) is 13.1 Å². The molecule has 0 radical (unpaired) electrons. The fourth-order valence-electron chi connectivity index (χ4n) is 3.22. The largest absolute Gasteiger partial charge is 0.466 e. The van der Waals surface area contributed by atoms with E-state index in [9.17, 15) is 4.79 Å². The summed E-state index contributed by atoms with van der Waals surface area (Å²) in [4.78, 5) is 11.5. The van der Waals surface area contributed by atoms with Gasteiger partial charge in [0.2, 0.25) is 0 Å². The van der Waals surface area contributed by atoms with Crippen molar-refractivity contribution in [2.75, 3.05) is 7.11 Å². The van der Waals surface area contributed by atoms with Gasteiger partial charge in [0.05, 0.1) is 7.11 Å². The molecule has 0 amide bonds. The highest BCUT2D eigenvalue weighted by molar-refractivity contribution is 5.89. The average molecular weight is 220 g/mol. The van der Waals surface area contributed by atoms with Crippen molar-refractivity contribution in [2.45, 2.75) is 39.0 Å². The van der Waals surface area contributed by atoms with Gasteiger partial charge in [-0.1, -0.05) is 25.2 Å². The molecule has 2 heteroatoms. The van der Waals surface area contributed by atoms with E-state index in [2.05, 4.69) is 19.6 Å². The summed E-state index contributed by atoms with van der Waals surface area (Å²) in [5.41, 5.74) is 2.24. The molecule has 2 atom stereocenters. The van der Waals surface area contributed by atoms with E-state index in [0.717, 1.165) is 24.8 Å². The van der Waals surface area contributed by atoms with Crippen molar-refractivity contribution in [1.29, 1.82) is 0 Å². The van der Waals surface area contributed by atoms with Crippen LogP contribution in [0, 0.1) is 11.3 Å². The molecule has 2 aliphatic carbocycles. The molecule has 0 bridgehead atoms. The van der Waals surface area contributed by atoms with Crippen LogP contribution >= 0.6 is 0 Å². The first-order chi connectivity index (χ1) is 7.60. The van der Waals surface area contributed by atoms with Crippen molar-refractivity contribution in [3.05, 3.63) is 23.8 Å². The van der Waals surface area contributed by atoms with E-state index in [0.29, 0.717) is 5.92 Å². The number of carbonyl (C=O) groups is 1. The lowest BCUT2D eigenvalue weighted by Crippen LogP contribution is -2.30. The second-order valence-electron chi connectivity index (χ2n) is 5.10. The zero-order valence-corrected chi connectivity index (χ0v) is 10.2. The van der Waals surface area contributed by atoms with Gasteiger partial charge in [-0.05, 0) is 38.0 Å². The van der Waals surface area contributed by atoms with Gasteiger partial charge in [-0.15, -0.1) is 0 Å². The number of carbonyl (C=O) groups excluding carboxylic acids is 1. The maximum atomic E-state index is 11.5. The summed E-state index contributed by atoms with van der Waals surface area (Å²) >= 11 is 0. The maximum absolute atomic E-state index is 11.5. The first-order valence-electron chi connectivity index (χ1n) is 6.08. The summed E-state index contributed by atoms with van der Waals surface area (Å²) < 4.78 is 4.80. The Morgan fingerprint density at radius 2 is 2.31 bits per heavy atom. The van der Waals surface area contributed by atoms with E-state index in [-0.39, 0.29) is 11.4 Å². The first-order valence-corrected chi connectivity index (χ1v) is 6.08. The van der Waals surface area contributed by atoms with E-state index < -0.39 is 0 Å². The van der Waals surface area contributed by atoms with Crippen molar-refractivity contribution >= 4 is 5.97 Å². The SMILES string of the molecule is C=C1CCC[C@@H](C)[C@@]12C=C(C(=O)OC)CC2. The topological polar surface area (TPSA) is 26.3 Å². The van der Waals surface area contributed by atoms with Crippen LogP contribution in [0.15, 0.2) is 23.8 Å². The average Bonchev–Trinajstić information content (AvgIpc) is 2.72. The lowest BCUT2D eigenvalue weighted by molar-refractivity contribution is -0.136. The minimum atomic E-state index is -0.164. The molecule has 0 saturated heterocycles. The molecular weight excluding hydrogens is 200 g/mol. The van der Waals surface area contributed by atoms with Crippen LogP contribution in [0.3, 0.4) is 0 Å². The Balaban J connectivity index is 2.29. The van der Waals surface area contributed by atoms with Gasteiger partial charge in [0.1, 0.15) is 0 Å². The van der Waals surface area contributed by atoms with E-state index >= 15 is 0 Å². The molecule has 88 valence electrons. The Hall–Kier alpha value is -1.05. The van der Waals surface area contributed by atoms with Gasteiger partial charge < -0.3 is 4.74 Å². The molecule has 16 heavy (non-hydrogen) atoms. The smallest absolute Gasteiger partial charge is 0.333 e. The highest BCUT2D eigenvalue weighted by Crippen LogP contribution is 2.53. The predicted molar refractivity (Wildman–Crippen MR) is 63.9 cm³/mol. The van der Waals surface area contributed by atoms with E-state index in [4.69, 9.17) is 4.74 Å². The number of hydrogen-bond donors (Lipinski definition) is 0. The Morgan fingerprint density at radius 1 is 1.56 bits per heavy atom. The number of ether oxygens (including phenoxy) is 1. The van der Waals surface area contributed by atoms with Crippen LogP contribution in [0.2, 0.25) is 0 Å². The van der Waals surface area contributed by atoms with Gasteiger partial charge in [0.15, 0.2) is 0 Å². The minimum absolute atomic E-state index is 0.0851. The highest BCUT2D eigenvalue weighted by atomic mass is 16.5. The summed E-state index contributed by atoms with van der Waals surface area (Å²) in [6.45, 7) is 6.50. The summed E-state index contributed by atoms with van der Waals surface area (Å²) in [6, 6.07) is 0. The molecule has 1 fully saturated rings. The second-order valence-corrected chi connectivity index (χ2v) is 5.10. The lowest BCUT2D eigenvalue weighted by atomic mass is 9.64. The van der Waals surface area contributed by atoms with Gasteiger partial charge >= 0.3 is 5.97 Å². The lowest BCUT2D eigenvalue weighted by Gasteiger charge is -2.40. The Kier molecular flexibility index (Phi) is 2.92. The van der Waals surface area contributed by atoms with Crippen molar-refractivity contribution in [3.8, 4) is 0 Å². The van der Waals surface area contributed by atoms with Gasteiger partial charge in [0, 0.05) is 11.0 Å². The summed E-state index contributed by atoms with van der Waals surface area (Å²) in [5.74, 6) is 0.443.